The molecule has 0 bridgehead atoms. The SMILES string of the molecule is Cc1nc(-c2ccc(CN=C(C#N)C#N)cc2)ncc1F. The summed E-state index contributed by atoms with van der Waals surface area (Å²) in [6.07, 6.45) is 1.14. The van der Waals surface area contributed by atoms with Gasteiger partial charge in [0.05, 0.1) is 18.4 Å². The molecule has 0 radical (unpaired) electrons. The number of aliphatic imine (C=N–C) groups is 1. The summed E-state index contributed by atoms with van der Waals surface area (Å²) in [6, 6.07) is 10.6. The molecule has 0 fully saturated rings. The minimum Gasteiger partial charge on any atom is -0.260 e. The van der Waals surface area contributed by atoms with Crippen LogP contribution in [0.25, 0.3) is 11.4 Å². The third kappa shape index (κ3) is 3.46. The van der Waals surface area contributed by atoms with Crippen LogP contribution >= 0.6 is 0 Å². The number of nitriles is 2. The van der Waals surface area contributed by atoms with Gasteiger partial charge in [0, 0.05) is 5.56 Å². The van der Waals surface area contributed by atoms with Crippen molar-refractivity contribution in [2.75, 3.05) is 0 Å². The van der Waals surface area contributed by atoms with E-state index in [4.69, 9.17) is 10.5 Å². The Balaban J connectivity index is 2.20. The van der Waals surface area contributed by atoms with E-state index in [0.717, 1.165) is 17.3 Å². The number of aromatic nitrogens is 2. The molecule has 6 heteroatoms. The number of hydrogen-bond donors (Lipinski definition) is 0. The first-order chi connectivity index (χ1) is 10.1. The van der Waals surface area contributed by atoms with Crippen LogP contribution < -0.4 is 0 Å². The largest absolute Gasteiger partial charge is 0.260 e. The second-order valence-corrected chi connectivity index (χ2v) is 4.21. The van der Waals surface area contributed by atoms with E-state index in [2.05, 4.69) is 15.0 Å². The van der Waals surface area contributed by atoms with Crippen molar-refractivity contribution < 1.29 is 4.39 Å². The number of rotatable bonds is 3. The Morgan fingerprint density at radius 2 is 1.90 bits per heavy atom. The van der Waals surface area contributed by atoms with Gasteiger partial charge in [-0.15, -0.1) is 0 Å². The van der Waals surface area contributed by atoms with Gasteiger partial charge in [-0.3, -0.25) is 4.99 Å². The van der Waals surface area contributed by atoms with Crippen molar-refractivity contribution in [3.8, 4) is 23.5 Å². The van der Waals surface area contributed by atoms with Gasteiger partial charge < -0.3 is 0 Å². The second kappa shape index (κ2) is 6.36. The Morgan fingerprint density at radius 1 is 1.24 bits per heavy atom. The highest BCUT2D eigenvalue weighted by Gasteiger charge is 2.05. The lowest BCUT2D eigenvalue weighted by Crippen LogP contribution is -1.95. The molecule has 0 unspecified atom stereocenters. The first-order valence-corrected chi connectivity index (χ1v) is 6.07. The summed E-state index contributed by atoms with van der Waals surface area (Å²) < 4.78 is 13.1. The highest BCUT2D eigenvalue weighted by atomic mass is 19.1. The summed E-state index contributed by atoms with van der Waals surface area (Å²) in [4.78, 5) is 11.9. The molecule has 0 spiro atoms. The Labute approximate surface area is 121 Å². The van der Waals surface area contributed by atoms with Gasteiger partial charge in [-0.1, -0.05) is 24.3 Å². The maximum atomic E-state index is 13.1. The predicted molar refractivity (Wildman–Crippen MR) is 74.5 cm³/mol. The maximum Gasteiger partial charge on any atom is 0.213 e. The van der Waals surface area contributed by atoms with Gasteiger partial charge in [0.1, 0.15) is 12.1 Å². The Hall–Kier alpha value is -3.12. The fourth-order valence-electron chi connectivity index (χ4n) is 1.62. The first-order valence-electron chi connectivity index (χ1n) is 6.07. The van der Waals surface area contributed by atoms with Crippen molar-refractivity contribution in [1.82, 2.24) is 9.97 Å². The molecule has 0 N–H and O–H groups in total. The third-order valence-corrected chi connectivity index (χ3v) is 2.76. The monoisotopic (exact) mass is 279 g/mol. The molecule has 0 saturated carbocycles. The minimum atomic E-state index is -0.440. The van der Waals surface area contributed by atoms with Gasteiger partial charge in [0.2, 0.25) is 5.71 Å². The number of aryl methyl sites for hydroxylation is 1. The highest BCUT2D eigenvalue weighted by molar-refractivity contribution is 6.10. The molecule has 2 rings (SSSR count). The van der Waals surface area contributed by atoms with E-state index in [0.29, 0.717) is 11.5 Å². The van der Waals surface area contributed by atoms with E-state index in [9.17, 15) is 4.39 Å². The van der Waals surface area contributed by atoms with Crippen LogP contribution in [0.15, 0.2) is 35.5 Å². The molecular weight excluding hydrogens is 269 g/mol. The average molecular weight is 279 g/mol. The van der Waals surface area contributed by atoms with E-state index >= 15 is 0 Å². The van der Waals surface area contributed by atoms with Gasteiger partial charge >= 0.3 is 0 Å². The number of nitrogens with zero attached hydrogens (tertiary/aromatic N) is 5. The fraction of sp³-hybridized carbons (Fsp3) is 0.133. The zero-order chi connectivity index (χ0) is 15.2. The van der Waals surface area contributed by atoms with Gasteiger partial charge in [-0.25, -0.2) is 14.4 Å². The smallest absolute Gasteiger partial charge is 0.213 e. The van der Waals surface area contributed by atoms with Crippen molar-refractivity contribution in [2.45, 2.75) is 13.5 Å². The van der Waals surface area contributed by atoms with E-state index < -0.39 is 5.82 Å². The van der Waals surface area contributed by atoms with Gasteiger partial charge in [-0.2, -0.15) is 10.5 Å². The zero-order valence-electron chi connectivity index (χ0n) is 11.2. The van der Waals surface area contributed by atoms with E-state index in [1.807, 2.05) is 0 Å². The summed E-state index contributed by atoms with van der Waals surface area (Å²) >= 11 is 0. The Kier molecular flexibility index (Phi) is 4.33. The van der Waals surface area contributed by atoms with Crippen molar-refractivity contribution in [3.05, 3.63) is 47.5 Å². The van der Waals surface area contributed by atoms with E-state index in [1.165, 1.54) is 0 Å². The zero-order valence-corrected chi connectivity index (χ0v) is 11.2. The minimum absolute atomic E-state index is 0.156. The van der Waals surface area contributed by atoms with Crippen molar-refractivity contribution in [1.29, 1.82) is 10.5 Å². The lowest BCUT2D eigenvalue weighted by molar-refractivity contribution is 0.602. The summed E-state index contributed by atoms with van der Waals surface area (Å²) in [5, 5.41) is 17.2. The van der Waals surface area contributed by atoms with Gasteiger partial charge in [0.25, 0.3) is 0 Å². The van der Waals surface area contributed by atoms with Crippen LogP contribution in [-0.4, -0.2) is 15.7 Å². The predicted octanol–water partition coefficient (Wildman–Crippen LogP) is 2.58. The van der Waals surface area contributed by atoms with E-state index in [-0.39, 0.29) is 12.3 Å². The summed E-state index contributed by atoms with van der Waals surface area (Å²) in [7, 11) is 0. The third-order valence-electron chi connectivity index (χ3n) is 2.76. The summed E-state index contributed by atoms with van der Waals surface area (Å²) in [6.45, 7) is 1.83. The van der Waals surface area contributed by atoms with Crippen LogP contribution in [0.2, 0.25) is 0 Å². The summed E-state index contributed by atoms with van der Waals surface area (Å²) in [5.41, 5.74) is 1.74. The van der Waals surface area contributed by atoms with E-state index in [1.54, 1.807) is 43.3 Å². The van der Waals surface area contributed by atoms with Crippen molar-refractivity contribution in [2.24, 2.45) is 4.99 Å². The molecule has 5 nitrogen and oxygen atoms in total. The van der Waals surface area contributed by atoms with Crippen LogP contribution in [0.3, 0.4) is 0 Å². The molecule has 1 heterocycles. The average Bonchev–Trinajstić information content (AvgIpc) is 2.52. The number of hydrogen-bond acceptors (Lipinski definition) is 5. The van der Waals surface area contributed by atoms with Crippen LogP contribution in [0.5, 0.6) is 0 Å². The lowest BCUT2D eigenvalue weighted by Gasteiger charge is -2.03. The van der Waals surface area contributed by atoms with Gasteiger partial charge in [-0.05, 0) is 12.5 Å². The Morgan fingerprint density at radius 3 is 2.48 bits per heavy atom. The Bertz CT molecular complexity index is 750. The molecule has 1 aromatic heterocycles. The molecule has 2 aromatic rings. The summed E-state index contributed by atoms with van der Waals surface area (Å²) in [5.74, 6) is 0.00364. The van der Waals surface area contributed by atoms with Crippen molar-refractivity contribution >= 4 is 5.71 Å². The van der Waals surface area contributed by atoms with Crippen molar-refractivity contribution in [3.63, 3.8) is 0 Å². The molecule has 0 aliphatic rings. The second-order valence-electron chi connectivity index (χ2n) is 4.21. The molecule has 1 aromatic carbocycles. The standard InChI is InChI=1S/C15H10FN5/c1-10-14(16)9-20-15(21-10)12-4-2-11(3-5-12)8-19-13(6-17)7-18/h2-5,9H,8H2,1H3. The van der Waals surface area contributed by atoms with Crippen LogP contribution in [0.4, 0.5) is 4.39 Å². The number of halogens is 1. The highest BCUT2D eigenvalue weighted by Crippen LogP contribution is 2.17. The quantitative estimate of drug-likeness (QED) is 0.808. The molecule has 21 heavy (non-hydrogen) atoms. The maximum absolute atomic E-state index is 13.1. The number of benzene rings is 1. The van der Waals surface area contributed by atoms with Crippen LogP contribution in [0, 0.1) is 35.4 Å². The molecule has 0 aliphatic heterocycles. The molecular formula is C15H10FN5. The van der Waals surface area contributed by atoms with Gasteiger partial charge in [0.15, 0.2) is 11.6 Å². The van der Waals surface area contributed by atoms with Crippen LogP contribution in [-0.2, 0) is 6.54 Å². The molecule has 0 saturated heterocycles. The normalized spacial score (nSPS) is 9.52. The van der Waals surface area contributed by atoms with Crippen LogP contribution in [0.1, 0.15) is 11.3 Å². The molecule has 0 atom stereocenters. The molecule has 0 aliphatic carbocycles. The fourth-order valence-corrected chi connectivity index (χ4v) is 1.62. The lowest BCUT2D eigenvalue weighted by atomic mass is 10.1. The first kappa shape index (κ1) is 14.3. The molecule has 102 valence electrons. The topological polar surface area (TPSA) is 85.7 Å². The molecule has 0 amide bonds.